The van der Waals surface area contributed by atoms with E-state index in [1.54, 1.807) is 47.3 Å². The summed E-state index contributed by atoms with van der Waals surface area (Å²) in [5, 5.41) is 22.4. The molecule has 0 saturated carbocycles. The second kappa shape index (κ2) is 7.19. The number of phenolic OH excluding ortho intramolecular Hbond substituents is 1. The molecule has 0 fully saturated rings. The Morgan fingerprint density at radius 1 is 1.08 bits per heavy atom. The molecule has 0 atom stereocenters. The van der Waals surface area contributed by atoms with Crippen LogP contribution in [0.5, 0.6) is 5.75 Å². The van der Waals surface area contributed by atoms with Crippen LogP contribution in [0.3, 0.4) is 0 Å². The van der Waals surface area contributed by atoms with Gasteiger partial charge in [0.1, 0.15) is 5.75 Å². The molecule has 1 N–H and O–H groups in total. The first kappa shape index (κ1) is 16.6. The van der Waals surface area contributed by atoms with Gasteiger partial charge < -0.3 is 9.52 Å². The number of hydrogen-bond donors (Lipinski definition) is 1. The van der Waals surface area contributed by atoms with Crippen LogP contribution in [0.2, 0.25) is 5.02 Å². The summed E-state index contributed by atoms with van der Waals surface area (Å²) in [6, 6.07) is 14.0. The predicted octanol–water partition coefficient (Wildman–Crippen LogP) is 3.97. The predicted molar refractivity (Wildman–Crippen MR) is 97.3 cm³/mol. The van der Waals surface area contributed by atoms with Crippen molar-refractivity contribution in [2.45, 2.75) is 10.9 Å². The van der Waals surface area contributed by atoms with Crippen molar-refractivity contribution in [3.8, 4) is 22.8 Å². The Kier molecular flexibility index (Phi) is 4.59. The third kappa shape index (κ3) is 3.56. The van der Waals surface area contributed by atoms with Crippen LogP contribution >= 0.6 is 23.4 Å². The number of halogens is 1. The number of aromatic nitrogens is 5. The van der Waals surface area contributed by atoms with Gasteiger partial charge in [0.25, 0.3) is 0 Å². The summed E-state index contributed by atoms with van der Waals surface area (Å²) in [6.45, 7) is 0. The van der Waals surface area contributed by atoms with E-state index in [2.05, 4.69) is 20.5 Å². The van der Waals surface area contributed by atoms with Crippen molar-refractivity contribution in [1.29, 1.82) is 0 Å². The SMILES string of the molecule is Oc1ccc(-n2nnnc2SCc2ncc(-c3ccc(Cl)cc3)o2)cc1. The van der Waals surface area contributed by atoms with Crippen molar-refractivity contribution in [3.63, 3.8) is 0 Å². The van der Waals surface area contributed by atoms with Gasteiger partial charge in [-0.15, -0.1) is 5.10 Å². The van der Waals surface area contributed by atoms with Crippen molar-refractivity contribution in [2.75, 3.05) is 0 Å². The summed E-state index contributed by atoms with van der Waals surface area (Å²) in [5.74, 6) is 1.91. The van der Waals surface area contributed by atoms with Gasteiger partial charge in [-0.25, -0.2) is 4.98 Å². The molecule has 0 amide bonds. The first-order valence-electron chi connectivity index (χ1n) is 7.60. The van der Waals surface area contributed by atoms with E-state index in [4.69, 9.17) is 16.0 Å². The summed E-state index contributed by atoms with van der Waals surface area (Å²) >= 11 is 7.30. The van der Waals surface area contributed by atoms with Gasteiger partial charge in [0.05, 0.1) is 17.6 Å². The first-order valence-corrected chi connectivity index (χ1v) is 8.96. The van der Waals surface area contributed by atoms with Crippen LogP contribution in [0, 0.1) is 0 Å². The number of hydrogen-bond acceptors (Lipinski definition) is 7. The van der Waals surface area contributed by atoms with Gasteiger partial charge in [-0.3, -0.25) is 0 Å². The molecule has 0 bridgehead atoms. The van der Waals surface area contributed by atoms with Crippen molar-refractivity contribution in [2.24, 2.45) is 0 Å². The van der Waals surface area contributed by atoms with E-state index >= 15 is 0 Å². The minimum absolute atomic E-state index is 0.186. The van der Waals surface area contributed by atoms with E-state index in [0.29, 0.717) is 27.6 Å². The van der Waals surface area contributed by atoms with E-state index in [9.17, 15) is 5.11 Å². The quantitative estimate of drug-likeness (QED) is 0.520. The number of phenols is 1. The van der Waals surface area contributed by atoms with Crippen molar-refractivity contribution in [1.82, 2.24) is 25.2 Å². The number of aromatic hydroxyl groups is 1. The highest BCUT2D eigenvalue weighted by Gasteiger charge is 2.12. The second-order valence-corrected chi connectivity index (χ2v) is 6.68. The molecule has 0 aliphatic heterocycles. The summed E-state index contributed by atoms with van der Waals surface area (Å²) in [5.41, 5.74) is 1.66. The lowest BCUT2D eigenvalue weighted by molar-refractivity contribution is 0.475. The number of thioether (sulfide) groups is 1. The third-order valence-corrected chi connectivity index (χ3v) is 4.70. The Bertz CT molecular complexity index is 1010. The zero-order chi connectivity index (χ0) is 17.9. The zero-order valence-electron chi connectivity index (χ0n) is 13.3. The largest absolute Gasteiger partial charge is 0.508 e. The fraction of sp³-hybridized carbons (Fsp3) is 0.0588. The molecule has 0 spiro atoms. The van der Waals surface area contributed by atoms with Crippen LogP contribution in [-0.2, 0) is 5.75 Å². The van der Waals surface area contributed by atoms with Gasteiger partial charge in [0.15, 0.2) is 5.76 Å². The van der Waals surface area contributed by atoms with E-state index < -0.39 is 0 Å². The second-order valence-electron chi connectivity index (χ2n) is 5.30. The maximum atomic E-state index is 9.39. The molecular formula is C17H12ClN5O2S. The van der Waals surface area contributed by atoms with E-state index in [-0.39, 0.29) is 5.75 Å². The molecule has 0 aliphatic rings. The van der Waals surface area contributed by atoms with E-state index in [0.717, 1.165) is 11.3 Å². The minimum Gasteiger partial charge on any atom is -0.508 e. The van der Waals surface area contributed by atoms with Crippen LogP contribution in [0.25, 0.3) is 17.0 Å². The molecule has 0 radical (unpaired) electrons. The Hall–Kier alpha value is -2.84. The lowest BCUT2D eigenvalue weighted by Gasteiger charge is -2.03. The number of nitrogens with zero attached hydrogens (tertiary/aromatic N) is 5. The fourth-order valence-corrected chi connectivity index (χ4v) is 3.15. The van der Waals surface area contributed by atoms with Gasteiger partial charge in [-0.2, -0.15) is 4.68 Å². The molecule has 7 nitrogen and oxygen atoms in total. The van der Waals surface area contributed by atoms with Crippen LogP contribution < -0.4 is 0 Å². The maximum Gasteiger partial charge on any atom is 0.214 e. The number of oxazole rings is 1. The van der Waals surface area contributed by atoms with Crippen LogP contribution in [-0.4, -0.2) is 30.3 Å². The molecule has 0 saturated heterocycles. The van der Waals surface area contributed by atoms with E-state index in [1.165, 1.54) is 11.8 Å². The highest BCUT2D eigenvalue weighted by Crippen LogP contribution is 2.26. The molecule has 4 aromatic rings. The summed E-state index contributed by atoms with van der Waals surface area (Å²) in [6.07, 6.45) is 1.68. The maximum absolute atomic E-state index is 9.39. The average Bonchev–Trinajstić information content (AvgIpc) is 3.30. The van der Waals surface area contributed by atoms with Crippen LogP contribution in [0.15, 0.2) is 64.3 Å². The Morgan fingerprint density at radius 2 is 1.85 bits per heavy atom. The zero-order valence-corrected chi connectivity index (χ0v) is 14.9. The molecule has 2 heterocycles. The van der Waals surface area contributed by atoms with Gasteiger partial charge in [0.2, 0.25) is 11.0 Å². The molecular weight excluding hydrogens is 374 g/mol. The lowest BCUT2D eigenvalue weighted by Crippen LogP contribution is -1.98. The normalized spacial score (nSPS) is 11.0. The molecule has 9 heteroatoms. The van der Waals surface area contributed by atoms with Gasteiger partial charge in [0, 0.05) is 10.6 Å². The third-order valence-electron chi connectivity index (χ3n) is 3.54. The number of benzene rings is 2. The van der Waals surface area contributed by atoms with E-state index in [1.807, 2.05) is 12.1 Å². The summed E-state index contributed by atoms with van der Waals surface area (Å²) in [7, 11) is 0. The topological polar surface area (TPSA) is 89.9 Å². The smallest absolute Gasteiger partial charge is 0.214 e. The Morgan fingerprint density at radius 3 is 2.62 bits per heavy atom. The first-order chi connectivity index (χ1) is 12.7. The molecule has 2 aromatic heterocycles. The molecule has 2 aromatic carbocycles. The van der Waals surface area contributed by atoms with Gasteiger partial charge in [-0.05, 0) is 59.0 Å². The monoisotopic (exact) mass is 385 g/mol. The Labute approximate surface area is 157 Å². The molecule has 4 rings (SSSR count). The molecule has 26 heavy (non-hydrogen) atoms. The average molecular weight is 386 g/mol. The van der Waals surface area contributed by atoms with Crippen molar-refractivity contribution < 1.29 is 9.52 Å². The fourth-order valence-electron chi connectivity index (χ4n) is 2.28. The standard InChI is InChI=1S/C17H12ClN5O2S/c18-12-3-1-11(2-4-12)15-9-19-16(25-15)10-26-17-20-21-22-23(17)13-5-7-14(24)8-6-13/h1-9,24H,10H2. The van der Waals surface area contributed by atoms with Crippen LogP contribution in [0.4, 0.5) is 0 Å². The van der Waals surface area contributed by atoms with Crippen LogP contribution in [0.1, 0.15) is 5.89 Å². The summed E-state index contributed by atoms with van der Waals surface area (Å²) < 4.78 is 7.37. The van der Waals surface area contributed by atoms with Crippen molar-refractivity contribution in [3.05, 3.63) is 65.6 Å². The molecule has 0 aliphatic carbocycles. The molecule has 0 unspecified atom stereocenters. The molecule has 130 valence electrons. The number of rotatable bonds is 5. The highest BCUT2D eigenvalue weighted by atomic mass is 35.5. The summed E-state index contributed by atoms with van der Waals surface area (Å²) in [4.78, 5) is 4.30. The van der Waals surface area contributed by atoms with Crippen molar-refractivity contribution >= 4 is 23.4 Å². The Balaban J connectivity index is 1.48. The van der Waals surface area contributed by atoms with Gasteiger partial charge in [-0.1, -0.05) is 23.4 Å². The highest BCUT2D eigenvalue weighted by molar-refractivity contribution is 7.98. The van der Waals surface area contributed by atoms with Gasteiger partial charge >= 0.3 is 0 Å². The lowest BCUT2D eigenvalue weighted by atomic mass is 10.2. The number of tetrazole rings is 1. The minimum atomic E-state index is 0.186.